The van der Waals surface area contributed by atoms with Gasteiger partial charge < -0.3 is 10.2 Å². The molecule has 2 nitrogen and oxygen atoms in total. The summed E-state index contributed by atoms with van der Waals surface area (Å²) in [5.74, 6) is 0.600. The summed E-state index contributed by atoms with van der Waals surface area (Å²) in [5, 5.41) is 2.46. The molecule has 1 N–H and O–H groups in total. The molecule has 0 saturated carbocycles. The predicted octanol–water partition coefficient (Wildman–Crippen LogP) is 2.26. The van der Waals surface area contributed by atoms with E-state index in [0.29, 0.717) is 12.5 Å². The third kappa shape index (κ3) is 5.70. The summed E-state index contributed by atoms with van der Waals surface area (Å²) >= 11 is 0. The number of alkyl halides is 3. The molecule has 1 aliphatic rings. The molecule has 0 amide bonds. The lowest BCUT2D eigenvalue weighted by molar-refractivity contribution is -0.124. The van der Waals surface area contributed by atoms with Crippen LogP contribution in [0.4, 0.5) is 13.2 Å². The van der Waals surface area contributed by atoms with E-state index in [1.54, 1.807) is 0 Å². The minimum Gasteiger partial charge on any atom is -0.309 e. The van der Waals surface area contributed by atoms with Gasteiger partial charge in [0.2, 0.25) is 0 Å². The molecule has 96 valence electrons. The van der Waals surface area contributed by atoms with Gasteiger partial charge in [0.1, 0.15) is 0 Å². The summed E-state index contributed by atoms with van der Waals surface area (Å²) in [6.45, 7) is 5.04. The molecule has 0 unspecified atom stereocenters. The lowest BCUT2D eigenvalue weighted by atomic mass is 9.93. The molecule has 1 rings (SSSR count). The van der Waals surface area contributed by atoms with E-state index in [1.807, 2.05) is 0 Å². The van der Waals surface area contributed by atoms with Crippen molar-refractivity contribution in [2.75, 3.05) is 32.7 Å². The number of nitrogens with one attached hydrogen (secondary N) is 1. The molecule has 1 aliphatic heterocycles. The monoisotopic (exact) mass is 238 g/mol. The van der Waals surface area contributed by atoms with E-state index >= 15 is 0 Å². The summed E-state index contributed by atoms with van der Waals surface area (Å²) in [6, 6.07) is 0. The van der Waals surface area contributed by atoms with Crippen LogP contribution >= 0.6 is 0 Å². The highest BCUT2D eigenvalue weighted by atomic mass is 19.4. The van der Waals surface area contributed by atoms with E-state index in [0.717, 1.165) is 38.9 Å². The van der Waals surface area contributed by atoms with Crippen LogP contribution < -0.4 is 5.32 Å². The van der Waals surface area contributed by atoms with Crippen LogP contribution in [0.3, 0.4) is 0 Å². The second-order valence-electron chi connectivity index (χ2n) is 4.46. The van der Waals surface area contributed by atoms with Gasteiger partial charge in [-0.2, -0.15) is 13.2 Å². The molecule has 0 bridgehead atoms. The number of hydrogen-bond acceptors (Lipinski definition) is 2. The standard InChI is InChI=1S/C11H21F3N2/c1-2-16-7-4-10(5-8-16)3-6-15-9-11(12,13)14/h10,15H,2-9H2,1H3. The van der Waals surface area contributed by atoms with Crippen molar-refractivity contribution in [3.63, 3.8) is 0 Å². The predicted molar refractivity (Wildman–Crippen MR) is 58.4 cm³/mol. The van der Waals surface area contributed by atoms with E-state index < -0.39 is 12.7 Å². The molecule has 1 heterocycles. The summed E-state index contributed by atoms with van der Waals surface area (Å²) in [5.41, 5.74) is 0. The Kier molecular flexibility index (Phi) is 5.55. The number of piperidine rings is 1. The van der Waals surface area contributed by atoms with Crippen LogP contribution in [0, 0.1) is 5.92 Å². The number of hydrogen-bond donors (Lipinski definition) is 1. The Morgan fingerprint density at radius 1 is 1.25 bits per heavy atom. The first kappa shape index (κ1) is 13.8. The van der Waals surface area contributed by atoms with Gasteiger partial charge in [-0.25, -0.2) is 0 Å². The van der Waals surface area contributed by atoms with E-state index in [9.17, 15) is 13.2 Å². The second-order valence-corrected chi connectivity index (χ2v) is 4.46. The Bertz CT molecular complexity index is 186. The van der Waals surface area contributed by atoms with Crippen molar-refractivity contribution >= 4 is 0 Å². The summed E-state index contributed by atoms with van der Waals surface area (Å²) in [6.07, 6.45) is -0.956. The number of likely N-dealkylation sites (tertiary alicyclic amines) is 1. The summed E-state index contributed by atoms with van der Waals surface area (Å²) < 4.78 is 35.5. The van der Waals surface area contributed by atoms with Crippen molar-refractivity contribution in [2.24, 2.45) is 5.92 Å². The van der Waals surface area contributed by atoms with Crippen LogP contribution in [0.1, 0.15) is 26.2 Å². The normalized spacial score (nSPS) is 20.2. The highest BCUT2D eigenvalue weighted by Gasteiger charge is 2.26. The zero-order valence-corrected chi connectivity index (χ0v) is 9.82. The average molecular weight is 238 g/mol. The largest absolute Gasteiger partial charge is 0.401 e. The summed E-state index contributed by atoms with van der Waals surface area (Å²) in [4.78, 5) is 2.39. The van der Waals surface area contributed by atoms with Crippen molar-refractivity contribution < 1.29 is 13.2 Å². The minimum absolute atomic E-state index is 0.482. The highest BCUT2D eigenvalue weighted by molar-refractivity contribution is 4.72. The molecule has 0 spiro atoms. The molecule has 0 aliphatic carbocycles. The van der Waals surface area contributed by atoms with Crippen LogP contribution in [-0.2, 0) is 0 Å². The van der Waals surface area contributed by atoms with Gasteiger partial charge in [0.05, 0.1) is 6.54 Å². The van der Waals surface area contributed by atoms with Gasteiger partial charge in [-0.1, -0.05) is 6.92 Å². The van der Waals surface area contributed by atoms with Gasteiger partial charge in [-0.05, 0) is 51.4 Å². The number of rotatable bonds is 5. The fourth-order valence-electron chi connectivity index (χ4n) is 2.13. The maximum absolute atomic E-state index is 11.8. The zero-order valence-electron chi connectivity index (χ0n) is 9.82. The van der Waals surface area contributed by atoms with E-state index in [4.69, 9.17) is 0 Å². The van der Waals surface area contributed by atoms with Crippen molar-refractivity contribution in [3.8, 4) is 0 Å². The highest BCUT2D eigenvalue weighted by Crippen LogP contribution is 2.19. The van der Waals surface area contributed by atoms with Gasteiger partial charge >= 0.3 is 6.18 Å². The van der Waals surface area contributed by atoms with E-state index in [2.05, 4.69) is 17.1 Å². The van der Waals surface area contributed by atoms with E-state index in [1.165, 1.54) is 0 Å². The summed E-state index contributed by atoms with van der Waals surface area (Å²) in [7, 11) is 0. The van der Waals surface area contributed by atoms with Gasteiger partial charge in [-0.15, -0.1) is 0 Å². The maximum Gasteiger partial charge on any atom is 0.401 e. The minimum atomic E-state index is -4.08. The Morgan fingerprint density at radius 3 is 2.38 bits per heavy atom. The maximum atomic E-state index is 11.8. The molecular weight excluding hydrogens is 217 g/mol. The van der Waals surface area contributed by atoms with Gasteiger partial charge in [-0.3, -0.25) is 0 Å². The first-order valence-electron chi connectivity index (χ1n) is 6.01. The molecule has 0 atom stereocenters. The van der Waals surface area contributed by atoms with Crippen molar-refractivity contribution in [1.82, 2.24) is 10.2 Å². The SMILES string of the molecule is CCN1CCC(CCNCC(F)(F)F)CC1. The van der Waals surface area contributed by atoms with E-state index in [-0.39, 0.29) is 0 Å². The molecule has 1 fully saturated rings. The second kappa shape index (κ2) is 6.45. The Morgan fingerprint density at radius 2 is 1.88 bits per heavy atom. The quantitative estimate of drug-likeness (QED) is 0.739. The topological polar surface area (TPSA) is 15.3 Å². The van der Waals surface area contributed by atoms with Crippen LogP contribution in [-0.4, -0.2) is 43.8 Å². The Balaban J connectivity index is 2.02. The molecule has 0 aromatic rings. The van der Waals surface area contributed by atoms with Crippen LogP contribution in [0.25, 0.3) is 0 Å². The Labute approximate surface area is 95.2 Å². The molecule has 5 heteroatoms. The molecule has 1 saturated heterocycles. The Hall–Kier alpha value is -0.290. The fraction of sp³-hybridized carbons (Fsp3) is 1.00. The average Bonchev–Trinajstić information content (AvgIpc) is 2.24. The number of halogens is 3. The molecular formula is C11H21F3N2. The third-order valence-electron chi connectivity index (χ3n) is 3.21. The zero-order chi connectivity index (χ0) is 12.0. The third-order valence-corrected chi connectivity index (χ3v) is 3.21. The van der Waals surface area contributed by atoms with Crippen LogP contribution in [0.15, 0.2) is 0 Å². The fourth-order valence-corrected chi connectivity index (χ4v) is 2.13. The van der Waals surface area contributed by atoms with Crippen molar-refractivity contribution in [3.05, 3.63) is 0 Å². The first-order chi connectivity index (χ1) is 7.51. The van der Waals surface area contributed by atoms with Gasteiger partial charge in [0.15, 0.2) is 0 Å². The lowest BCUT2D eigenvalue weighted by Crippen LogP contribution is -2.35. The van der Waals surface area contributed by atoms with Crippen LogP contribution in [0.2, 0.25) is 0 Å². The molecule has 0 aromatic heterocycles. The molecule has 16 heavy (non-hydrogen) atoms. The lowest BCUT2D eigenvalue weighted by Gasteiger charge is -2.31. The molecule has 0 aromatic carbocycles. The van der Waals surface area contributed by atoms with Gasteiger partial charge in [0.25, 0.3) is 0 Å². The smallest absolute Gasteiger partial charge is 0.309 e. The first-order valence-corrected chi connectivity index (χ1v) is 6.01. The van der Waals surface area contributed by atoms with Gasteiger partial charge in [0, 0.05) is 0 Å². The van der Waals surface area contributed by atoms with Crippen LogP contribution in [0.5, 0.6) is 0 Å². The van der Waals surface area contributed by atoms with Crippen molar-refractivity contribution in [1.29, 1.82) is 0 Å². The molecule has 0 radical (unpaired) electrons. The number of nitrogens with zero attached hydrogens (tertiary/aromatic N) is 1. The van der Waals surface area contributed by atoms with Crippen molar-refractivity contribution in [2.45, 2.75) is 32.4 Å².